The number of ether oxygens (including phenoxy) is 3. The Labute approximate surface area is 237 Å². The van der Waals surface area contributed by atoms with E-state index < -0.39 is 36.0 Å². The Morgan fingerprint density at radius 2 is 1.66 bits per heavy atom. The van der Waals surface area contributed by atoms with Crippen LogP contribution < -0.4 is 16.0 Å². The second-order valence-corrected chi connectivity index (χ2v) is 8.78. The lowest BCUT2D eigenvalue weighted by Crippen LogP contribution is -2.49. The minimum atomic E-state index is -1.36. The van der Waals surface area contributed by atoms with Gasteiger partial charge in [-0.05, 0) is 20.3 Å². The summed E-state index contributed by atoms with van der Waals surface area (Å²) in [6.07, 6.45) is -1.23. The van der Waals surface area contributed by atoms with Crippen molar-refractivity contribution >= 4 is 35.7 Å². The molecule has 3 rings (SSSR count). The summed E-state index contributed by atoms with van der Waals surface area (Å²) in [6.45, 7) is 5.28. The molecule has 41 heavy (non-hydrogen) atoms. The maximum atomic E-state index is 13.3. The van der Waals surface area contributed by atoms with E-state index >= 15 is 0 Å². The van der Waals surface area contributed by atoms with E-state index in [9.17, 15) is 24.0 Å². The summed E-state index contributed by atoms with van der Waals surface area (Å²) in [5.74, 6) is -2.56. The quantitative estimate of drug-likeness (QED) is 0.188. The first-order valence-corrected chi connectivity index (χ1v) is 13.3. The van der Waals surface area contributed by atoms with Crippen LogP contribution in [0.1, 0.15) is 37.2 Å². The summed E-state index contributed by atoms with van der Waals surface area (Å²) < 4.78 is 14.9. The van der Waals surface area contributed by atoms with Gasteiger partial charge in [0.25, 0.3) is 5.91 Å². The molecule has 0 saturated carbocycles. The van der Waals surface area contributed by atoms with E-state index in [1.54, 1.807) is 44.2 Å². The SMILES string of the molecule is CCOC(=O)CCC(NC(=O)c1cc(NCC(=O)OCC)nc(-c2ccccc2)n1)C(=O)OC(=O)N1CCNCC1. The maximum absolute atomic E-state index is 13.3. The minimum Gasteiger partial charge on any atom is -0.466 e. The Balaban J connectivity index is 1.82. The number of carbonyl (C=O) groups is 5. The smallest absolute Gasteiger partial charge is 0.417 e. The van der Waals surface area contributed by atoms with Crippen LogP contribution in [-0.4, -0.2) is 96.8 Å². The summed E-state index contributed by atoms with van der Waals surface area (Å²) in [4.78, 5) is 72.8. The van der Waals surface area contributed by atoms with Crippen LogP contribution in [-0.2, 0) is 28.6 Å². The van der Waals surface area contributed by atoms with Crippen LogP contribution >= 0.6 is 0 Å². The Morgan fingerprint density at radius 1 is 0.976 bits per heavy atom. The van der Waals surface area contributed by atoms with Gasteiger partial charge in [0.15, 0.2) is 5.82 Å². The molecule has 1 fully saturated rings. The zero-order chi connectivity index (χ0) is 29.6. The number of hydrogen-bond acceptors (Lipinski definition) is 12. The minimum absolute atomic E-state index is 0.132. The van der Waals surface area contributed by atoms with Crippen molar-refractivity contribution in [2.45, 2.75) is 32.7 Å². The lowest BCUT2D eigenvalue weighted by Gasteiger charge is -2.26. The van der Waals surface area contributed by atoms with Gasteiger partial charge in [-0.3, -0.25) is 14.4 Å². The van der Waals surface area contributed by atoms with Gasteiger partial charge in [-0.1, -0.05) is 30.3 Å². The number of aromatic nitrogens is 2. The molecule has 1 atom stereocenters. The molecule has 0 aliphatic carbocycles. The van der Waals surface area contributed by atoms with Crippen molar-refractivity contribution in [2.24, 2.45) is 0 Å². The van der Waals surface area contributed by atoms with Gasteiger partial charge in [-0.25, -0.2) is 19.6 Å². The molecule has 2 heterocycles. The van der Waals surface area contributed by atoms with E-state index in [4.69, 9.17) is 14.2 Å². The predicted molar refractivity (Wildman–Crippen MR) is 146 cm³/mol. The molecule has 1 saturated heterocycles. The largest absolute Gasteiger partial charge is 0.466 e. The van der Waals surface area contributed by atoms with Gasteiger partial charge in [-0.2, -0.15) is 0 Å². The Kier molecular flexibility index (Phi) is 12.0. The molecule has 1 unspecified atom stereocenters. The van der Waals surface area contributed by atoms with Crippen LogP contribution in [0.3, 0.4) is 0 Å². The van der Waals surface area contributed by atoms with E-state index in [1.165, 1.54) is 11.0 Å². The summed E-state index contributed by atoms with van der Waals surface area (Å²) >= 11 is 0. The van der Waals surface area contributed by atoms with Gasteiger partial charge in [0.05, 0.1) is 13.2 Å². The van der Waals surface area contributed by atoms with Crippen LogP contribution in [0.5, 0.6) is 0 Å². The lowest BCUT2D eigenvalue weighted by molar-refractivity contribution is -0.144. The number of nitrogens with one attached hydrogen (secondary N) is 3. The van der Waals surface area contributed by atoms with Crippen LogP contribution in [0.4, 0.5) is 10.6 Å². The van der Waals surface area contributed by atoms with E-state index in [0.717, 1.165) is 0 Å². The van der Waals surface area contributed by atoms with Crippen molar-refractivity contribution in [1.82, 2.24) is 25.5 Å². The number of piperazine rings is 1. The van der Waals surface area contributed by atoms with Crippen molar-refractivity contribution < 1.29 is 38.2 Å². The number of benzene rings is 1. The Hall–Kier alpha value is -4.59. The molecule has 2 amide bonds. The first kappa shape index (κ1) is 30.9. The molecule has 1 aliphatic heterocycles. The monoisotopic (exact) mass is 570 g/mol. The second kappa shape index (κ2) is 15.9. The molecule has 1 aromatic carbocycles. The molecule has 3 N–H and O–H groups in total. The fourth-order valence-corrected chi connectivity index (χ4v) is 3.79. The van der Waals surface area contributed by atoms with Gasteiger partial charge in [0, 0.05) is 44.2 Å². The summed E-state index contributed by atoms with van der Waals surface area (Å²) in [7, 11) is 0. The topological polar surface area (TPSA) is 178 Å². The van der Waals surface area contributed by atoms with Crippen LogP contribution in [0.15, 0.2) is 36.4 Å². The number of hydrogen-bond donors (Lipinski definition) is 3. The fraction of sp³-hybridized carbons (Fsp3) is 0.444. The highest BCUT2D eigenvalue weighted by Gasteiger charge is 2.29. The zero-order valence-electron chi connectivity index (χ0n) is 23.0. The fourth-order valence-electron chi connectivity index (χ4n) is 3.79. The molecular formula is C27H34N6O8. The highest BCUT2D eigenvalue weighted by atomic mass is 16.6. The van der Waals surface area contributed by atoms with Gasteiger partial charge in [0.2, 0.25) is 0 Å². The van der Waals surface area contributed by atoms with Crippen molar-refractivity contribution in [3.63, 3.8) is 0 Å². The van der Waals surface area contributed by atoms with Gasteiger partial charge < -0.3 is 35.1 Å². The molecule has 0 radical (unpaired) electrons. The third-order valence-electron chi connectivity index (χ3n) is 5.81. The molecule has 1 aromatic heterocycles. The zero-order valence-corrected chi connectivity index (χ0v) is 23.0. The van der Waals surface area contributed by atoms with Crippen molar-refractivity contribution in [1.29, 1.82) is 0 Å². The molecule has 2 aromatic rings. The van der Waals surface area contributed by atoms with Crippen molar-refractivity contribution in [3.05, 3.63) is 42.1 Å². The Bertz CT molecular complexity index is 1220. The number of esters is 3. The molecule has 14 nitrogen and oxygen atoms in total. The number of anilines is 1. The van der Waals surface area contributed by atoms with Gasteiger partial charge >= 0.3 is 24.0 Å². The van der Waals surface area contributed by atoms with Crippen molar-refractivity contribution in [2.75, 3.05) is 51.3 Å². The standard InChI is InChI=1S/C27H34N6O8/c1-3-39-22(34)11-10-19(26(37)41-27(38)33-14-12-28-13-15-33)31-25(36)20-16-21(29-17-23(35)40-4-2)32-24(30-20)18-8-6-5-7-9-18/h5-9,16,19,28H,3-4,10-15,17H2,1-2H3,(H,31,36)(H,29,30,32). The summed E-state index contributed by atoms with van der Waals surface area (Å²) in [6, 6.07) is 8.79. The average molecular weight is 571 g/mol. The normalized spacial score (nSPS) is 13.5. The maximum Gasteiger partial charge on any atom is 0.417 e. The molecule has 220 valence electrons. The molecule has 0 spiro atoms. The number of nitrogens with zero attached hydrogens (tertiary/aromatic N) is 3. The molecule has 0 bridgehead atoms. The molecular weight excluding hydrogens is 536 g/mol. The van der Waals surface area contributed by atoms with Crippen LogP contribution in [0.2, 0.25) is 0 Å². The molecule has 14 heteroatoms. The van der Waals surface area contributed by atoms with E-state index in [0.29, 0.717) is 31.7 Å². The van der Waals surface area contributed by atoms with Crippen LogP contribution in [0.25, 0.3) is 11.4 Å². The van der Waals surface area contributed by atoms with Crippen LogP contribution in [0, 0.1) is 0 Å². The van der Waals surface area contributed by atoms with Gasteiger partial charge in [0.1, 0.15) is 24.1 Å². The highest BCUT2D eigenvalue weighted by Crippen LogP contribution is 2.18. The predicted octanol–water partition coefficient (Wildman–Crippen LogP) is 1.13. The molecule has 1 aliphatic rings. The van der Waals surface area contributed by atoms with Crippen molar-refractivity contribution in [3.8, 4) is 11.4 Å². The van der Waals surface area contributed by atoms with E-state index in [1.807, 2.05) is 0 Å². The second-order valence-electron chi connectivity index (χ2n) is 8.78. The number of rotatable bonds is 12. The third-order valence-corrected chi connectivity index (χ3v) is 5.81. The lowest BCUT2D eigenvalue weighted by atomic mass is 10.1. The summed E-state index contributed by atoms with van der Waals surface area (Å²) in [5.41, 5.74) is 0.466. The van der Waals surface area contributed by atoms with Gasteiger partial charge in [-0.15, -0.1) is 0 Å². The third kappa shape index (κ3) is 9.83. The highest BCUT2D eigenvalue weighted by molar-refractivity contribution is 5.97. The first-order valence-electron chi connectivity index (χ1n) is 13.3. The summed E-state index contributed by atoms with van der Waals surface area (Å²) in [5, 5.41) is 8.42. The number of amides is 2. The Morgan fingerprint density at radius 3 is 2.34 bits per heavy atom. The first-order chi connectivity index (χ1) is 19.8. The number of carbonyl (C=O) groups excluding carboxylic acids is 5. The average Bonchev–Trinajstić information content (AvgIpc) is 2.99. The van der Waals surface area contributed by atoms with E-state index in [2.05, 4.69) is 25.9 Å². The van der Waals surface area contributed by atoms with E-state index in [-0.39, 0.29) is 49.9 Å².